The number of ether oxygens (including phenoxy) is 1. The first-order valence-corrected chi connectivity index (χ1v) is 16.9. The molecule has 0 bridgehead atoms. The number of halogens is 1. The van der Waals surface area contributed by atoms with Crippen LogP contribution >= 0.6 is 0 Å². The van der Waals surface area contributed by atoms with E-state index in [4.69, 9.17) is 9.72 Å². The van der Waals surface area contributed by atoms with Crippen molar-refractivity contribution in [1.29, 1.82) is 0 Å². The van der Waals surface area contributed by atoms with Crippen LogP contribution in [0, 0.1) is 17.2 Å². The van der Waals surface area contributed by atoms with Crippen molar-refractivity contribution in [3.8, 4) is 0 Å². The molecule has 0 saturated carbocycles. The Labute approximate surface area is 280 Å². The van der Waals surface area contributed by atoms with Crippen molar-refractivity contribution in [2.45, 2.75) is 65.1 Å². The predicted octanol–water partition coefficient (Wildman–Crippen LogP) is 6.31. The van der Waals surface area contributed by atoms with Crippen LogP contribution in [-0.4, -0.2) is 58.7 Å². The van der Waals surface area contributed by atoms with Crippen molar-refractivity contribution in [1.82, 2.24) is 19.9 Å². The number of anilines is 3. The van der Waals surface area contributed by atoms with E-state index in [0.717, 1.165) is 24.0 Å². The minimum atomic E-state index is -0.903. The van der Waals surface area contributed by atoms with Crippen LogP contribution in [0.1, 0.15) is 68.1 Å². The number of piperazine rings is 1. The maximum atomic E-state index is 15.5. The van der Waals surface area contributed by atoms with Gasteiger partial charge in [0.2, 0.25) is 5.95 Å². The summed E-state index contributed by atoms with van der Waals surface area (Å²) in [6.07, 6.45) is 3.75. The fourth-order valence-electron chi connectivity index (χ4n) is 7.75. The van der Waals surface area contributed by atoms with Crippen molar-refractivity contribution in [3.63, 3.8) is 0 Å². The summed E-state index contributed by atoms with van der Waals surface area (Å²) in [5, 5.41) is 7.30. The molecule has 4 heterocycles. The fraction of sp³-hybridized carbons (Fsp3) is 0.421. The number of pyridine rings is 1. The Kier molecular flexibility index (Phi) is 8.41. The van der Waals surface area contributed by atoms with E-state index in [2.05, 4.69) is 40.9 Å². The number of ketones is 1. The number of fused-ring (bicyclic) bond motifs is 2. The zero-order valence-corrected chi connectivity index (χ0v) is 28.1. The molecular weight excluding hydrogens is 607 g/mol. The number of nitrogens with zero attached hydrogens (tertiary/aromatic N) is 4. The highest BCUT2D eigenvalue weighted by Crippen LogP contribution is 2.43. The summed E-state index contributed by atoms with van der Waals surface area (Å²) in [4.78, 5) is 40.1. The first-order chi connectivity index (χ1) is 23.0. The third kappa shape index (κ3) is 5.81. The molecule has 250 valence electrons. The molecule has 7 rings (SSSR count). The summed E-state index contributed by atoms with van der Waals surface area (Å²) in [6, 6.07) is 14.5. The molecule has 2 aromatic carbocycles. The Bertz CT molecular complexity index is 1960. The Morgan fingerprint density at radius 2 is 1.79 bits per heavy atom. The maximum Gasteiger partial charge on any atom is 0.260 e. The second kappa shape index (κ2) is 12.6. The average molecular weight is 651 g/mol. The van der Waals surface area contributed by atoms with Gasteiger partial charge in [-0.05, 0) is 74.4 Å². The fourth-order valence-corrected chi connectivity index (χ4v) is 7.75. The van der Waals surface area contributed by atoms with Gasteiger partial charge in [0.25, 0.3) is 5.56 Å². The van der Waals surface area contributed by atoms with Gasteiger partial charge in [0.15, 0.2) is 5.78 Å². The van der Waals surface area contributed by atoms with Crippen LogP contribution in [0.2, 0.25) is 0 Å². The molecule has 4 aromatic rings. The number of carbonyl (C=O) groups is 1. The number of benzene rings is 2. The molecule has 0 spiro atoms. The van der Waals surface area contributed by atoms with E-state index in [-0.39, 0.29) is 41.1 Å². The number of nitrogens with one attached hydrogen (secondary N) is 2. The molecule has 0 radical (unpaired) electrons. The normalized spacial score (nSPS) is 22.8. The molecule has 3 aliphatic rings. The standard InChI is InChI=1S/C38H43FN6O3/c1-22-20-44(21-23(2)41-22)32-11-10-28(18-31(32)39)42-37-40-19-27-16-30(24(3)25-12-14-48-15-13-25)36(47)45(35(27)43-37)33-17-26-8-6-7-9-29(26)34(46)38(33,4)5/h6-11,16,18-19,22-23,25,33,41H,3,12-15,17,20-21H2,1-2,4-5H3,(H,40,42,43)/t22-,23+,33?. The van der Waals surface area contributed by atoms with Crippen LogP contribution in [0.4, 0.5) is 21.7 Å². The van der Waals surface area contributed by atoms with Crippen LogP contribution < -0.4 is 21.1 Å². The van der Waals surface area contributed by atoms with Crippen LogP contribution in [0.15, 0.2) is 66.1 Å². The summed E-state index contributed by atoms with van der Waals surface area (Å²) >= 11 is 0. The SMILES string of the molecule is C=C(c1cc2cnc(Nc3ccc(N4C[C@@H](C)N[C@@H](C)C4)c(F)c3)nc2n(C2Cc3ccccc3C(=O)C2(C)C)c1=O)C1CCOCC1. The summed E-state index contributed by atoms with van der Waals surface area (Å²) < 4.78 is 22.7. The van der Waals surface area contributed by atoms with Gasteiger partial charge < -0.3 is 20.3 Å². The number of hydrogen-bond donors (Lipinski definition) is 2. The highest BCUT2D eigenvalue weighted by atomic mass is 19.1. The third-order valence-electron chi connectivity index (χ3n) is 10.3. The van der Waals surface area contributed by atoms with Gasteiger partial charge in [0.1, 0.15) is 11.5 Å². The van der Waals surface area contributed by atoms with Crippen molar-refractivity contribution in [3.05, 3.63) is 94.2 Å². The lowest BCUT2D eigenvalue weighted by atomic mass is 9.69. The number of aromatic nitrogens is 3. The summed E-state index contributed by atoms with van der Waals surface area (Å²) in [5.74, 6) is -0.00862. The Balaban J connectivity index is 1.30. The highest BCUT2D eigenvalue weighted by molar-refractivity contribution is 6.03. The van der Waals surface area contributed by atoms with Gasteiger partial charge in [0, 0.05) is 72.2 Å². The molecule has 2 aliphatic heterocycles. The van der Waals surface area contributed by atoms with Crippen LogP contribution in [0.5, 0.6) is 0 Å². The van der Waals surface area contributed by atoms with Crippen molar-refractivity contribution >= 4 is 39.7 Å². The zero-order chi connectivity index (χ0) is 33.7. The van der Waals surface area contributed by atoms with Crippen molar-refractivity contribution in [2.24, 2.45) is 11.3 Å². The zero-order valence-electron chi connectivity index (χ0n) is 28.1. The van der Waals surface area contributed by atoms with E-state index in [1.807, 2.05) is 50.2 Å². The van der Waals surface area contributed by atoms with E-state index in [0.29, 0.717) is 66.3 Å². The van der Waals surface area contributed by atoms with Crippen molar-refractivity contribution < 1.29 is 13.9 Å². The summed E-state index contributed by atoms with van der Waals surface area (Å²) in [5.41, 5.74) is 3.18. The lowest BCUT2D eigenvalue weighted by Gasteiger charge is -2.39. The highest BCUT2D eigenvalue weighted by Gasteiger charge is 2.44. The van der Waals surface area contributed by atoms with Crippen LogP contribution in [-0.2, 0) is 11.2 Å². The van der Waals surface area contributed by atoms with Crippen molar-refractivity contribution in [2.75, 3.05) is 36.5 Å². The molecule has 2 fully saturated rings. The Morgan fingerprint density at radius 1 is 1.06 bits per heavy atom. The van der Waals surface area contributed by atoms with Gasteiger partial charge in [-0.3, -0.25) is 14.2 Å². The predicted molar refractivity (Wildman–Crippen MR) is 188 cm³/mol. The number of allylic oxidation sites excluding steroid dienone is 1. The van der Waals surface area contributed by atoms with E-state index in [1.54, 1.807) is 16.8 Å². The van der Waals surface area contributed by atoms with E-state index in [1.165, 1.54) is 6.07 Å². The molecule has 9 nitrogen and oxygen atoms in total. The second-order valence-corrected chi connectivity index (χ2v) is 14.2. The van der Waals surface area contributed by atoms with Gasteiger partial charge in [-0.25, -0.2) is 9.37 Å². The smallest absolute Gasteiger partial charge is 0.260 e. The molecule has 0 amide bonds. The lowest BCUT2D eigenvalue weighted by Crippen LogP contribution is -2.54. The van der Waals surface area contributed by atoms with Gasteiger partial charge in [-0.2, -0.15) is 4.98 Å². The van der Waals surface area contributed by atoms with Gasteiger partial charge in [0.05, 0.1) is 11.7 Å². The quantitative estimate of drug-likeness (QED) is 0.251. The second-order valence-electron chi connectivity index (χ2n) is 14.2. The van der Waals surface area contributed by atoms with Gasteiger partial charge >= 0.3 is 0 Å². The Hall–Kier alpha value is -4.41. The average Bonchev–Trinajstić information content (AvgIpc) is 3.06. The molecular formula is C38H43FN6O3. The molecule has 3 atom stereocenters. The number of carbonyl (C=O) groups excluding carboxylic acids is 1. The minimum absolute atomic E-state index is 0.0145. The lowest BCUT2D eigenvalue weighted by molar-refractivity contribution is 0.0724. The largest absolute Gasteiger partial charge is 0.381 e. The van der Waals surface area contributed by atoms with E-state index in [9.17, 15) is 9.59 Å². The number of rotatable bonds is 6. The molecule has 1 aliphatic carbocycles. The minimum Gasteiger partial charge on any atom is -0.381 e. The van der Waals surface area contributed by atoms with Gasteiger partial charge in [-0.1, -0.05) is 44.7 Å². The monoisotopic (exact) mass is 650 g/mol. The Morgan fingerprint density at radius 3 is 2.52 bits per heavy atom. The topological polar surface area (TPSA) is 101 Å². The maximum absolute atomic E-state index is 15.5. The molecule has 2 aromatic heterocycles. The van der Waals surface area contributed by atoms with Crippen LogP contribution in [0.25, 0.3) is 16.6 Å². The molecule has 1 unspecified atom stereocenters. The number of Topliss-reactive ketones (excluding diaryl/α,β-unsaturated/α-hetero) is 1. The van der Waals surface area contributed by atoms with Gasteiger partial charge in [-0.15, -0.1) is 0 Å². The van der Waals surface area contributed by atoms with Crippen LogP contribution in [0.3, 0.4) is 0 Å². The third-order valence-corrected chi connectivity index (χ3v) is 10.3. The number of hydrogen-bond acceptors (Lipinski definition) is 8. The summed E-state index contributed by atoms with van der Waals surface area (Å²) in [6.45, 7) is 15.1. The first kappa shape index (κ1) is 32.2. The molecule has 2 saturated heterocycles. The molecule has 48 heavy (non-hydrogen) atoms. The summed E-state index contributed by atoms with van der Waals surface area (Å²) in [7, 11) is 0. The first-order valence-electron chi connectivity index (χ1n) is 16.9. The molecule has 10 heteroatoms. The van der Waals surface area contributed by atoms with E-state index >= 15 is 4.39 Å². The molecule has 2 N–H and O–H groups in total. The van der Waals surface area contributed by atoms with E-state index < -0.39 is 11.5 Å².